The predicted octanol–water partition coefficient (Wildman–Crippen LogP) is 5.81. The number of nitrogens with zero attached hydrogens (tertiary/aromatic N) is 3. The van der Waals surface area contributed by atoms with Crippen molar-refractivity contribution >= 4 is 5.91 Å². The summed E-state index contributed by atoms with van der Waals surface area (Å²) in [4.78, 5) is 19.9. The van der Waals surface area contributed by atoms with Crippen molar-refractivity contribution in [3.63, 3.8) is 0 Å². The van der Waals surface area contributed by atoms with Gasteiger partial charge in [0.05, 0.1) is 26.0 Å². The molecule has 6 rings (SSSR count). The van der Waals surface area contributed by atoms with Crippen LogP contribution in [0.3, 0.4) is 0 Å². The molecule has 8 nitrogen and oxygen atoms in total. The van der Waals surface area contributed by atoms with Gasteiger partial charge in [-0.15, -0.1) is 0 Å². The minimum absolute atomic E-state index is 0.125. The van der Waals surface area contributed by atoms with E-state index in [2.05, 4.69) is 15.2 Å². The van der Waals surface area contributed by atoms with Crippen molar-refractivity contribution in [3.8, 4) is 28.5 Å². The van der Waals surface area contributed by atoms with Gasteiger partial charge in [-0.05, 0) is 59.2 Å². The lowest BCUT2D eigenvalue weighted by molar-refractivity contribution is 0.0729. The minimum Gasteiger partial charge on any atom is -0.497 e. The van der Waals surface area contributed by atoms with Crippen LogP contribution >= 0.6 is 0 Å². The Kier molecular flexibility index (Phi) is 6.89. The van der Waals surface area contributed by atoms with Crippen LogP contribution in [0.15, 0.2) is 97.3 Å². The molecule has 5 aromatic rings. The van der Waals surface area contributed by atoms with Gasteiger partial charge in [0.15, 0.2) is 11.5 Å². The average Bonchev–Trinajstić information content (AvgIpc) is 3.56. The van der Waals surface area contributed by atoms with Crippen molar-refractivity contribution in [2.24, 2.45) is 0 Å². The molecule has 1 unspecified atom stereocenters. The first-order valence-corrected chi connectivity index (χ1v) is 12.9. The quantitative estimate of drug-likeness (QED) is 0.258. The van der Waals surface area contributed by atoms with E-state index in [4.69, 9.17) is 14.2 Å². The number of ether oxygens (including phenoxy) is 3. The van der Waals surface area contributed by atoms with E-state index in [-0.39, 0.29) is 5.91 Å². The number of H-pyrrole nitrogens is 1. The number of benzene rings is 3. The number of aromatic amines is 1. The summed E-state index contributed by atoms with van der Waals surface area (Å²) in [5.74, 6) is 1.84. The topological polar surface area (TPSA) is 89.6 Å². The van der Waals surface area contributed by atoms with E-state index in [9.17, 15) is 4.79 Å². The first-order chi connectivity index (χ1) is 19.7. The number of aromatic nitrogens is 3. The van der Waals surface area contributed by atoms with Gasteiger partial charge in [0.25, 0.3) is 5.91 Å². The summed E-state index contributed by atoms with van der Waals surface area (Å²) in [5.41, 5.74) is 5.77. The van der Waals surface area contributed by atoms with Crippen LogP contribution in [0.2, 0.25) is 0 Å². The number of nitrogens with one attached hydrogen (secondary N) is 1. The number of rotatable bonds is 9. The van der Waals surface area contributed by atoms with Crippen LogP contribution in [0, 0.1) is 0 Å². The molecular formula is C32H28N4O4. The maximum atomic E-state index is 13.8. The highest BCUT2D eigenvalue weighted by atomic mass is 16.5. The highest BCUT2D eigenvalue weighted by molar-refractivity contribution is 6.00. The second kappa shape index (κ2) is 10.9. The number of methoxy groups -OCH3 is 2. The molecule has 1 N–H and O–H groups in total. The molecule has 0 saturated heterocycles. The molecule has 0 spiro atoms. The third kappa shape index (κ3) is 4.75. The Bertz CT molecular complexity index is 1620. The maximum absolute atomic E-state index is 13.8. The molecule has 200 valence electrons. The first kappa shape index (κ1) is 25.2. The molecule has 1 amide bonds. The fourth-order valence-corrected chi connectivity index (χ4v) is 5.07. The molecule has 0 bridgehead atoms. The molecule has 8 heteroatoms. The Hall–Kier alpha value is -5.11. The number of hydrogen-bond acceptors (Lipinski definition) is 6. The fraction of sp³-hybridized carbons (Fsp3) is 0.156. The van der Waals surface area contributed by atoms with Gasteiger partial charge >= 0.3 is 0 Å². The number of amides is 1. The molecule has 2 aromatic heterocycles. The van der Waals surface area contributed by atoms with E-state index in [1.807, 2.05) is 89.8 Å². The SMILES string of the molecule is COc1ccc(-c2n[nH]c3c2C(c2ccc(OCc4ccccc4)c(OC)c2)N(Cc2cccnc2)C3=O)cc1. The number of carbonyl (C=O) groups excluding carboxylic acids is 1. The van der Waals surface area contributed by atoms with E-state index < -0.39 is 6.04 Å². The van der Waals surface area contributed by atoms with Crippen LogP contribution in [0.25, 0.3) is 11.3 Å². The van der Waals surface area contributed by atoms with Crippen LogP contribution in [0.5, 0.6) is 17.2 Å². The summed E-state index contributed by atoms with van der Waals surface area (Å²) < 4.78 is 17.2. The highest BCUT2D eigenvalue weighted by Gasteiger charge is 2.42. The van der Waals surface area contributed by atoms with Gasteiger partial charge < -0.3 is 19.1 Å². The molecule has 0 aliphatic carbocycles. The monoisotopic (exact) mass is 532 g/mol. The Morgan fingerprint density at radius 1 is 0.875 bits per heavy atom. The van der Waals surface area contributed by atoms with Crippen LogP contribution in [0.1, 0.15) is 38.8 Å². The van der Waals surface area contributed by atoms with Gasteiger partial charge in [-0.25, -0.2) is 0 Å². The Labute approximate surface area is 232 Å². The standard InChI is InChI=1S/C32H28N4O4/c1-38-25-13-10-23(11-14-25)29-28-30(35-34-29)32(37)36(19-22-9-6-16-33-18-22)31(28)24-12-15-26(27(17-24)39-2)40-20-21-7-4-3-5-8-21/h3-18,31H,19-20H2,1-2H3,(H,34,35). The Balaban J connectivity index is 1.40. The minimum atomic E-state index is -0.407. The third-order valence-corrected chi connectivity index (χ3v) is 7.04. The molecule has 3 aromatic carbocycles. The molecule has 1 aliphatic heterocycles. The zero-order valence-corrected chi connectivity index (χ0v) is 22.2. The van der Waals surface area contributed by atoms with Crippen molar-refractivity contribution in [2.75, 3.05) is 14.2 Å². The number of pyridine rings is 1. The Morgan fingerprint density at radius 3 is 2.40 bits per heavy atom. The first-order valence-electron chi connectivity index (χ1n) is 12.9. The van der Waals surface area contributed by atoms with Crippen molar-refractivity contribution in [3.05, 3.63) is 125 Å². The second-order valence-electron chi connectivity index (χ2n) is 9.47. The van der Waals surface area contributed by atoms with Crippen LogP contribution in [0.4, 0.5) is 0 Å². The number of hydrogen-bond donors (Lipinski definition) is 1. The van der Waals surface area contributed by atoms with Gasteiger partial charge in [-0.1, -0.05) is 42.5 Å². The van der Waals surface area contributed by atoms with Crippen molar-refractivity contribution < 1.29 is 19.0 Å². The van der Waals surface area contributed by atoms with E-state index in [1.54, 1.807) is 26.6 Å². The molecule has 0 radical (unpaired) electrons. The third-order valence-electron chi connectivity index (χ3n) is 7.04. The maximum Gasteiger partial charge on any atom is 0.273 e. The predicted molar refractivity (Wildman–Crippen MR) is 150 cm³/mol. The van der Waals surface area contributed by atoms with Gasteiger partial charge in [-0.2, -0.15) is 5.10 Å². The molecule has 1 atom stereocenters. The van der Waals surface area contributed by atoms with E-state index in [0.29, 0.717) is 36.0 Å². The van der Waals surface area contributed by atoms with Gasteiger partial charge in [0.2, 0.25) is 0 Å². The van der Waals surface area contributed by atoms with Crippen LogP contribution in [-0.4, -0.2) is 40.2 Å². The van der Waals surface area contributed by atoms with E-state index in [0.717, 1.165) is 33.6 Å². The normalized spacial score (nSPS) is 14.2. The lowest BCUT2D eigenvalue weighted by Crippen LogP contribution is -2.29. The van der Waals surface area contributed by atoms with Gasteiger partial charge in [0, 0.05) is 30.1 Å². The summed E-state index contributed by atoms with van der Waals surface area (Å²) in [6, 6.07) is 26.9. The van der Waals surface area contributed by atoms with Gasteiger partial charge in [-0.3, -0.25) is 14.9 Å². The van der Waals surface area contributed by atoms with E-state index in [1.165, 1.54) is 0 Å². The van der Waals surface area contributed by atoms with Gasteiger partial charge in [0.1, 0.15) is 18.1 Å². The molecule has 0 saturated carbocycles. The zero-order chi connectivity index (χ0) is 27.5. The highest BCUT2D eigenvalue weighted by Crippen LogP contribution is 2.45. The molecule has 1 aliphatic rings. The van der Waals surface area contributed by atoms with Crippen molar-refractivity contribution in [1.29, 1.82) is 0 Å². The summed E-state index contributed by atoms with van der Waals surface area (Å²) in [6.07, 6.45) is 3.50. The molecule has 0 fully saturated rings. The Morgan fingerprint density at radius 2 is 1.68 bits per heavy atom. The lowest BCUT2D eigenvalue weighted by atomic mass is 9.95. The largest absolute Gasteiger partial charge is 0.497 e. The molecular weight excluding hydrogens is 504 g/mol. The second-order valence-corrected chi connectivity index (χ2v) is 9.47. The number of fused-ring (bicyclic) bond motifs is 1. The summed E-state index contributed by atoms with van der Waals surface area (Å²) in [7, 11) is 3.25. The van der Waals surface area contributed by atoms with Crippen LogP contribution < -0.4 is 14.2 Å². The summed E-state index contributed by atoms with van der Waals surface area (Å²) in [6.45, 7) is 0.801. The summed E-state index contributed by atoms with van der Waals surface area (Å²) in [5, 5.41) is 7.59. The number of carbonyl (C=O) groups is 1. The summed E-state index contributed by atoms with van der Waals surface area (Å²) >= 11 is 0. The molecule has 3 heterocycles. The zero-order valence-electron chi connectivity index (χ0n) is 22.2. The van der Waals surface area contributed by atoms with Crippen molar-refractivity contribution in [1.82, 2.24) is 20.1 Å². The molecule has 40 heavy (non-hydrogen) atoms. The smallest absolute Gasteiger partial charge is 0.273 e. The van der Waals surface area contributed by atoms with E-state index >= 15 is 0 Å². The lowest BCUT2D eigenvalue weighted by Gasteiger charge is -2.27. The fourth-order valence-electron chi connectivity index (χ4n) is 5.07. The van der Waals surface area contributed by atoms with Crippen molar-refractivity contribution in [2.45, 2.75) is 19.2 Å². The van der Waals surface area contributed by atoms with Crippen LogP contribution in [-0.2, 0) is 13.2 Å². The average molecular weight is 533 g/mol.